The Labute approximate surface area is 451 Å². The maximum Gasteiger partial charge on any atom is 0.339 e. The highest BCUT2D eigenvalue weighted by Crippen LogP contribution is 2.41. The first-order chi connectivity index (χ1) is 35.5. The minimum Gasteiger partial charge on any atom is -0.469 e. The molecule has 4 atom stereocenters. The summed E-state index contributed by atoms with van der Waals surface area (Å²) in [6, 6.07) is 49.9. The molecule has 0 saturated carbocycles. The van der Waals surface area contributed by atoms with Crippen molar-refractivity contribution < 1.29 is 42.2 Å². The molecule has 398 valence electrons. The number of Topliss-reactive ketones (excluding diaryl/α,β-unsaturated/α-hetero) is 1. The Balaban J connectivity index is 1.55. The topological polar surface area (TPSA) is 114 Å². The normalized spacial score (nSPS) is 14.2. The van der Waals surface area contributed by atoms with E-state index in [0.29, 0.717) is 11.1 Å². The Morgan fingerprint density at radius 3 is 1.48 bits per heavy atom. The fraction of sp³-hybridized carbons (Fsp3) is 0.397. The van der Waals surface area contributed by atoms with Gasteiger partial charge in [-0.25, -0.2) is 4.79 Å². The first kappa shape index (κ1) is 59.9. The van der Waals surface area contributed by atoms with Crippen LogP contribution in [0.2, 0.25) is 29.7 Å². The van der Waals surface area contributed by atoms with Crippen molar-refractivity contribution in [1.82, 2.24) is 0 Å². The standard InChI is InChI=1S/C63H80O9Si3/c1-14-69-60(67)56(57(64)46-50(48(2)3)45-51(47-58(65)68-10)72-75(62(7,8)9,54-37-26-18-27-38-54)55-39-28-19-29-40-55)41-30-42-63(73(11,12)13,71-59(66)49-31-20-15-21-32-49)43-44-70-74(61(4,5)6,52-33-22-16-23-34-52)53-35-24-17-25-36-53/h15-29,31-40,50-51,56H,2,14,41,43-47H2,1,3-13H3/t50?,51-,56?,63?/m0/s1. The van der Waals surface area contributed by atoms with Crippen LogP contribution in [0.5, 0.6) is 0 Å². The quantitative estimate of drug-likeness (QED) is 0.0149. The van der Waals surface area contributed by atoms with Gasteiger partial charge in [-0.15, -0.1) is 0 Å². The van der Waals surface area contributed by atoms with Crippen LogP contribution in [0.15, 0.2) is 164 Å². The van der Waals surface area contributed by atoms with Gasteiger partial charge in [-0.3, -0.25) is 14.4 Å². The van der Waals surface area contributed by atoms with Crippen LogP contribution in [-0.2, 0) is 37.4 Å². The van der Waals surface area contributed by atoms with Crippen LogP contribution in [0, 0.1) is 23.7 Å². The molecule has 9 nitrogen and oxygen atoms in total. The third kappa shape index (κ3) is 14.5. The fourth-order valence-electron chi connectivity index (χ4n) is 10.2. The van der Waals surface area contributed by atoms with Gasteiger partial charge in [-0.2, -0.15) is 0 Å². The van der Waals surface area contributed by atoms with Crippen LogP contribution in [0.1, 0.15) is 97.9 Å². The molecule has 0 amide bonds. The second-order valence-corrected chi connectivity index (χ2v) is 36.4. The lowest BCUT2D eigenvalue weighted by Gasteiger charge is -2.45. The molecule has 75 heavy (non-hydrogen) atoms. The van der Waals surface area contributed by atoms with Crippen LogP contribution < -0.4 is 20.7 Å². The number of hydrogen-bond acceptors (Lipinski definition) is 9. The third-order valence-corrected chi connectivity index (χ3v) is 27.3. The number of carbonyl (C=O) groups excluding carboxylic acids is 4. The van der Waals surface area contributed by atoms with E-state index in [4.69, 9.17) is 23.1 Å². The van der Waals surface area contributed by atoms with Crippen LogP contribution in [-0.4, -0.2) is 80.1 Å². The van der Waals surface area contributed by atoms with Crippen molar-refractivity contribution in [1.29, 1.82) is 0 Å². The molecule has 0 heterocycles. The SMILES string of the molecule is C=C(C)C(CC(=O)C(CC#CC(CCO[Si](c1ccccc1)(c1ccccc1)C(C)(C)C)(OC(=O)c1ccccc1)[Si](C)(C)C)C(=O)OCC)C[C@@H](CC(=O)OC)O[Si](c1ccccc1)(c1ccccc1)C(C)(C)C. The van der Waals surface area contributed by atoms with E-state index in [9.17, 15) is 19.2 Å². The molecule has 12 heteroatoms. The molecule has 0 aromatic heterocycles. The maximum atomic E-state index is 14.9. The van der Waals surface area contributed by atoms with E-state index in [1.54, 1.807) is 31.2 Å². The molecule has 0 aliphatic heterocycles. The molecular formula is C63H80O9Si3. The smallest absolute Gasteiger partial charge is 0.339 e. The zero-order valence-corrected chi connectivity index (χ0v) is 49.5. The van der Waals surface area contributed by atoms with Crippen molar-refractivity contribution in [3.05, 3.63) is 169 Å². The highest BCUT2D eigenvalue weighted by Gasteiger charge is 2.53. The average Bonchev–Trinajstić information content (AvgIpc) is 3.37. The van der Waals surface area contributed by atoms with Crippen molar-refractivity contribution >= 4 is 69.1 Å². The fourth-order valence-corrected chi connectivity index (χ4v) is 21.1. The second-order valence-electron chi connectivity index (χ2n) is 22.5. The van der Waals surface area contributed by atoms with Gasteiger partial charge in [0.15, 0.2) is 5.22 Å². The second kappa shape index (κ2) is 26.2. The largest absolute Gasteiger partial charge is 0.469 e. The molecule has 3 unspecified atom stereocenters. The highest BCUT2D eigenvalue weighted by atomic mass is 28.4. The van der Waals surface area contributed by atoms with E-state index in [1.165, 1.54) is 7.11 Å². The zero-order valence-electron chi connectivity index (χ0n) is 46.5. The van der Waals surface area contributed by atoms with Gasteiger partial charge in [0.25, 0.3) is 16.6 Å². The summed E-state index contributed by atoms with van der Waals surface area (Å²) in [5, 5.41) is 2.27. The summed E-state index contributed by atoms with van der Waals surface area (Å²) in [4.78, 5) is 56.4. The molecule has 5 aromatic rings. The molecule has 0 spiro atoms. The van der Waals surface area contributed by atoms with E-state index in [1.807, 2.05) is 85.8 Å². The number of esters is 3. The van der Waals surface area contributed by atoms with Crippen molar-refractivity contribution in [2.75, 3.05) is 20.3 Å². The maximum absolute atomic E-state index is 14.9. The number of ether oxygens (including phenoxy) is 3. The predicted octanol–water partition coefficient (Wildman–Crippen LogP) is 11.0. The average molecular weight is 1070 g/mol. The van der Waals surface area contributed by atoms with Gasteiger partial charge >= 0.3 is 17.9 Å². The molecule has 5 aromatic carbocycles. The number of methoxy groups -OCH3 is 1. The van der Waals surface area contributed by atoms with E-state index < -0.39 is 70.8 Å². The van der Waals surface area contributed by atoms with Gasteiger partial charge in [0, 0.05) is 25.9 Å². The van der Waals surface area contributed by atoms with E-state index >= 15 is 0 Å². The lowest BCUT2D eigenvalue weighted by atomic mass is 9.85. The van der Waals surface area contributed by atoms with Crippen LogP contribution in [0.25, 0.3) is 0 Å². The summed E-state index contributed by atoms with van der Waals surface area (Å²) in [7, 11) is -7.53. The number of benzene rings is 5. The van der Waals surface area contributed by atoms with Crippen LogP contribution in [0.3, 0.4) is 0 Å². The summed E-state index contributed by atoms with van der Waals surface area (Å²) in [5.41, 5.74) is 1.08. The van der Waals surface area contributed by atoms with E-state index in [-0.39, 0.29) is 56.1 Å². The molecule has 5 rings (SSSR count). The van der Waals surface area contributed by atoms with Crippen molar-refractivity contribution in [3.8, 4) is 11.8 Å². The van der Waals surface area contributed by atoms with Gasteiger partial charge in [-0.05, 0) is 69.1 Å². The molecule has 0 radical (unpaired) electrons. The van der Waals surface area contributed by atoms with Gasteiger partial charge in [0.05, 0.1) is 31.8 Å². The summed E-state index contributed by atoms with van der Waals surface area (Å²) < 4.78 is 32.4. The van der Waals surface area contributed by atoms with Gasteiger partial charge < -0.3 is 23.1 Å². The Bertz CT molecular complexity index is 2640. The number of rotatable bonds is 24. The third-order valence-electron chi connectivity index (χ3n) is 14.3. The number of carbonyl (C=O) groups is 4. The number of allylic oxidation sites excluding steroid dienone is 1. The predicted molar refractivity (Wildman–Crippen MR) is 310 cm³/mol. The summed E-state index contributed by atoms with van der Waals surface area (Å²) >= 11 is 0. The monoisotopic (exact) mass is 1060 g/mol. The van der Waals surface area contributed by atoms with Crippen molar-refractivity contribution in [2.24, 2.45) is 11.8 Å². The molecule has 0 aliphatic carbocycles. The Kier molecular flexibility index (Phi) is 20.9. The zero-order chi connectivity index (χ0) is 55.1. The Morgan fingerprint density at radius 1 is 0.640 bits per heavy atom. The molecule has 0 saturated heterocycles. The first-order valence-electron chi connectivity index (χ1n) is 26.2. The molecule has 0 bridgehead atoms. The molecular weight excluding hydrogens is 985 g/mol. The summed E-state index contributed by atoms with van der Waals surface area (Å²) in [6.07, 6.45) is -0.539. The van der Waals surface area contributed by atoms with Crippen LogP contribution >= 0.6 is 0 Å². The highest BCUT2D eigenvalue weighted by molar-refractivity contribution is 7.00. The van der Waals surface area contributed by atoms with Gasteiger partial charge in [0.2, 0.25) is 0 Å². The lowest BCUT2D eigenvalue weighted by Crippen LogP contribution is -2.67. The van der Waals surface area contributed by atoms with Gasteiger partial charge in [-0.1, -0.05) is 225 Å². The number of hydrogen-bond donors (Lipinski definition) is 0. The Morgan fingerprint density at radius 2 is 1.08 bits per heavy atom. The summed E-state index contributed by atoms with van der Waals surface area (Å²) in [5.74, 6) is 2.87. The van der Waals surface area contributed by atoms with Crippen LogP contribution in [0.4, 0.5) is 0 Å². The molecule has 0 N–H and O–H groups in total. The first-order valence-corrected chi connectivity index (χ1v) is 33.5. The Hall–Kier alpha value is -5.95. The lowest BCUT2D eigenvalue weighted by molar-refractivity contribution is -0.151. The molecule has 0 fully saturated rings. The van der Waals surface area contributed by atoms with Crippen molar-refractivity contribution in [2.45, 2.75) is 129 Å². The minimum atomic E-state index is -3.19. The molecule has 0 aliphatic rings. The minimum absolute atomic E-state index is 0.0562. The summed E-state index contributed by atoms with van der Waals surface area (Å²) in [6.45, 7) is 27.6. The van der Waals surface area contributed by atoms with E-state index in [2.05, 4.69) is 128 Å². The number of ketones is 1. The van der Waals surface area contributed by atoms with Crippen molar-refractivity contribution in [3.63, 3.8) is 0 Å². The van der Waals surface area contributed by atoms with Gasteiger partial charge in [0.1, 0.15) is 19.8 Å². The van der Waals surface area contributed by atoms with E-state index in [0.717, 1.165) is 20.7 Å².